The smallest absolute Gasteiger partial charge is 0.407 e. The molecule has 1 unspecified atom stereocenters. The number of carbonyl (C=O) groups excluding carboxylic acids is 1. The maximum absolute atomic E-state index is 11.8. The molecule has 21 heavy (non-hydrogen) atoms. The van der Waals surface area contributed by atoms with Crippen molar-refractivity contribution in [1.29, 1.82) is 0 Å². The van der Waals surface area contributed by atoms with Crippen LogP contribution in [0.15, 0.2) is 30.3 Å². The van der Waals surface area contributed by atoms with Crippen molar-refractivity contribution in [1.82, 2.24) is 5.32 Å². The predicted octanol–water partition coefficient (Wildman–Crippen LogP) is 2.56. The van der Waals surface area contributed by atoms with Gasteiger partial charge in [-0.1, -0.05) is 30.3 Å². The first kappa shape index (κ1) is 13.9. The number of aliphatic carboxylic acids is 1. The lowest BCUT2D eigenvalue weighted by atomic mass is 10.1. The van der Waals surface area contributed by atoms with Gasteiger partial charge in [-0.25, -0.2) is 4.79 Å². The Labute approximate surface area is 123 Å². The highest BCUT2D eigenvalue weighted by Crippen LogP contribution is 2.71. The zero-order chi connectivity index (χ0) is 14.9. The van der Waals surface area contributed by atoms with Gasteiger partial charge in [0.2, 0.25) is 0 Å². The minimum Gasteiger partial charge on any atom is -0.481 e. The first-order chi connectivity index (χ1) is 10.1. The van der Waals surface area contributed by atoms with Crippen molar-refractivity contribution in [3.8, 4) is 0 Å². The molecule has 1 aromatic rings. The fourth-order valence-corrected chi connectivity index (χ4v) is 3.08. The minimum absolute atomic E-state index is 0.0349. The normalized spacial score (nSPS) is 22.4. The highest BCUT2D eigenvalue weighted by Gasteiger charge is 2.65. The molecule has 0 bridgehead atoms. The number of carboxylic acid groups (broad SMARTS) is 1. The largest absolute Gasteiger partial charge is 0.481 e. The number of ether oxygens (including phenoxy) is 1. The molecule has 0 aromatic heterocycles. The van der Waals surface area contributed by atoms with Gasteiger partial charge in [0.05, 0.1) is 6.42 Å². The Morgan fingerprint density at radius 3 is 2.62 bits per heavy atom. The number of amides is 1. The van der Waals surface area contributed by atoms with E-state index in [9.17, 15) is 9.59 Å². The zero-order valence-electron chi connectivity index (χ0n) is 11.7. The lowest BCUT2D eigenvalue weighted by Gasteiger charge is -2.17. The van der Waals surface area contributed by atoms with Gasteiger partial charge in [-0.05, 0) is 36.2 Å². The van der Waals surface area contributed by atoms with Gasteiger partial charge in [0.25, 0.3) is 0 Å². The topological polar surface area (TPSA) is 75.6 Å². The second kappa shape index (κ2) is 5.39. The summed E-state index contributed by atoms with van der Waals surface area (Å²) >= 11 is 0. The maximum atomic E-state index is 11.8. The fourth-order valence-electron chi connectivity index (χ4n) is 3.08. The van der Waals surface area contributed by atoms with E-state index in [0.717, 1.165) is 24.8 Å². The molecular formula is C16H19NO4. The first-order valence-electron chi connectivity index (χ1n) is 7.28. The molecule has 2 aliphatic rings. The molecule has 0 radical (unpaired) electrons. The van der Waals surface area contributed by atoms with E-state index in [4.69, 9.17) is 9.84 Å². The van der Waals surface area contributed by atoms with Gasteiger partial charge < -0.3 is 15.2 Å². The molecule has 5 heteroatoms. The number of nitrogens with one attached hydrogen (secondary N) is 1. The molecule has 2 aliphatic carbocycles. The van der Waals surface area contributed by atoms with Gasteiger partial charge in [-0.3, -0.25) is 4.79 Å². The monoisotopic (exact) mass is 289 g/mol. The molecule has 0 heterocycles. The Bertz CT molecular complexity index is 538. The van der Waals surface area contributed by atoms with Crippen LogP contribution >= 0.6 is 0 Å². The van der Waals surface area contributed by atoms with E-state index >= 15 is 0 Å². The Kier molecular flexibility index (Phi) is 3.57. The average molecular weight is 289 g/mol. The zero-order valence-corrected chi connectivity index (χ0v) is 11.7. The van der Waals surface area contributed by atoms with Gasteiger partial charge in [-0.15, -0.1) is 0 Å². The van der Waals surface area contributed by atoms with Crippen LogP contribution in [-0.4, -0.2) is 23.2 Å². The highest BCUT2D eigenvalue weighted by molar-refractivity contribution is 5.71. The van der Waals surface area contributed by atoms with Crippen LogP contribution in [0.1, 0.15) is 31.2 Å². The van der Waals surface area contributed by atoms with Crippen LogP contribution in [0.4, 0.5) is 4.79 Å². The molecule has 3 rings (SSSR count). The second-order valence-corrected chi connectivity index (χ2v) is 6.08. The van der Waals surface area contributed by atoms with Gasteiger partial charge in [-0.2, -0.15) is 0 Å². The number of alkyl carbamates (subject to hydrolysis) is 1. The molecule has 2 saturated carbocycles. The van der Waals surface area contributed by atoms with Crippen molar-refractivity contribution in [3.63, 3.8) is 0 Å². The maximum Gasteiger partial charge on any atom is 0.407 e. The molecule has 1 spiro atoms. The third kappa shape index (κ3) is 3.35. The predicted molar refractivity (Wildman–Crippen MR) is 75.6 cm³/mol. The Morgan fingerprint density at radius 2 is 2.05 bits per heavy atom. The quantitative estimate of drug-likeness (QED) is 0.844. The average Bonchev–Trinajstić information content (AvgIpc) is 3.37. The molecular weight excluding hydrogens is 270 g/mol. The number of hydrogen-bond donors (Lipinski definition) is 2. The van der Waals surface area contributed by atoms with Crippen LogP contribution in [0, 0.1) is 11.3 Å². The molecule has 5 nitrogen and oxygen atoms in total. The number of carbonyl (C=O) groups is 2. The summed E-state index contributed by atoms with van der Waals surface area (Å²) in [4.78, 5) is 22.8. The highest BCUT2D eigenvalue weighted by atomic mass is 16.5. The molecule has 2 N–H and O–H groups in total. The van der Waals surface area contributed by atoms with Crippen LogP contribution in [0.5, 0.6) is 0 Å². The third-order valence-electron chi connectivity index (χ3n) is 4.54. The Hall–Kier alpha value is -2.04. The van der Waals surface area contributed by atoms with Crippen molar-refractivity contribution in [2.24, 2.45) is 11.3 Å². The summed E-state index contributed by atoms with van der Waals surface area (Å²) in [7, 11) is 0. The van der Waals surface area contributed by atoms with E-state index in [2.05, 4.69) is 5.32 Å². The number of benzene rings is 1. The SMILES string of the molecule is O=C(O)C[C@@H](NC(=O)OCc1ccccc1)C1CC12CC2. The van der Waals surface area contributed by atoms with Crippen LogP contribution in [-0.2, 0) is 16.1 Å². The Morgan fingerprint density at radius 1 is 1.33 bits per heavy atom. The van der Waals surface area contributed by atoms with Gasteiger partial charge >= 0.3 is 12.1 Å². The molecule has 1 aromatic carbocycles. The molecule has 112 valence electrons. The summed E-state index contributed by atoms with van der Waals surface area (Å²) in [6.07, 6.45) is 2.78. The van der Waals surface area contributed by atoms with E-state index in [1.165, 1.54) is 0 Å². The van der Waals surface area contributed by atoms with E-state index < -0.39 is 12.1 Å². The van der Waals surface area contributed by atoms with Crippen LogP contribution in [0.3, 0.4) is 0 Å². The second-order valence-electron chi connectivity index (χ2n) is 6.08. The summed E-state index contributed by atoms with van der Waals surface area (Å²) < 4.78 is 5.16. The van der Waals surface area contributed by atoms with E-state index in [1.54, 1.807) is 0 Å². The first-order valence-corrected chi connectivity index (χ1v) is 7.28. The number of rotatable bonds is 6. The fraction of sp³-hybridized carbons (Fsp3) is 0.500. The van der Waals surface area contributed by atoms with Crippen LogP contribution in [0.25, 0.3) is 0 Å². The van der Waals surface area contributed by atoms with Crippen LogP contribution in [0.2, 0.25) is 0 Å². The molecule has 2 atom stereocenters. The minimum atomic E-state index is -0.883. The molecule has 0 aliphatic heterocycles. The van der Waals surface area contributed by atoms with Crippen molar-refractivity contribution in [2.45, 2.75) is 38.3 Å². The van der Waals surface area contributed by atoms with Crippen molar-refractivity contribution >= 4 is 12.1 Å². The third-order valence-corrected chi connectivity index (χ3v) is 4.54. The number of carboxylic acids is 1. The summed E-state index contributed by atoms with van der Waals surface area (Å²) in [5.74, 6) is -0.580. The summed E-state index contributed by atoms with van der Waals surface area (Å²) in [5, 5.41) is 11.7. The molecule has 1 amide bonds. The van der Waals surface area contributed by atoms with Crippen molar-refractivity contribution < 1.29 is 19.4 Å². The Balaban J connectivity index is 1.50. The van der Waals surface area contributed by atoms with Gasteiger partial charge in [0.15, 0.2) is 0 Å². The number of hydrogen-bond acceptors (Lipinski definition) is 3. The summed E-state index contributed by atoms with van der Waals surface area (Å²) in [6.45, 7) is 0.197. The van der Waals surface area contributed by atoms with Gasteiger partial charge in [0.1, 0.15) is 6.61 Å². The standard InChI is InChI=1S/C16H19NO4/c18-14(19)8-13(12-9-16(12)6-7-16)17-15(20)21-10-11-4-2-1-3-5-11/h1-5,12-13H,6-10H2,(H,17,20)(H,18,19)/t12?,13-/m1/s1. The van der Waals surface area contributed by atoms with Crippen molar-refractivity contribution in [3.05, 3.63) is 35.9 Å². The summed E-state index contributed by atoms with van der Waals surface area (Å²) in [6, 6.07) is 9.10. The van der Waals surface area contributed by atoms with E-state index in [1.807, 2.05) is 30.3 Å². The summed E-state index contributed by atoms with van der Waals surface area (Å²) in [5.41, 5.74) is 1.25. The lowest BCUT2D eigenvalue weighted by molar-refractivity contribution is -0.137. The van der Waals surface area contributed by atoms with Gasteiger partial charge in [0, 0.05) is 6.04 Å². The van der Waals surface area contributed by atoms with Crippen LogP contribution < -0.4 is 5.32 Å². The van der Waals surface area contributed by atoms with E-state index in [0.29, 0.717) is 11.3 Å². The molecule has 0 saturated heterocycles. The van der Waals surface area contributed by atoms with Crippen molar-refractivity contribution in [2.75, 3.05) is 0 Å². The lowest BCUT2D eigenvalue weighted by Crippen LogP contribution is -2.39. The molecule has 2 fully saturated rings. The van der Waals surface area contributed by atoms with E-state index in [-0.39, 0.29) is 19.1 Å².